The van der Waals surface area contributed by atoms with Crippen molar-refractivity contribution in [3.05, 3.63) is 23.8 Å². The van der Waals surface area contributed by atoms with E-state index >= 15 is 0 Å². The number of halogens is 3. The van der Waals surface area contributed by atoms with E-state index in [1.807, 2.05) is 0 Å². The van der Waals surface area contributed by atoms with Crippen LogP contribution in [-0.4, -0.2) is 13.1 Å². The second-order valence-electron chi connectivity index (χ2n) is 3.02. The molecule has 0 spiro atoms. The second kappa shape index (κ2) is 4.39. The Kier molecular flexibility index (Phi) is 3.41. The van der Waals surface area contributed by atoms with Gasteiger partial charge in [0.25, 0.3) is 0 Å². The first-order valence-electron chi connectivity index (χ1n) is 4.36. The number of benzene rings is 1. The zero-order valence-electron chi connectivity index (χ0n) is 7.93. The third-order valence-electron chi connectivity index (χ3n) is 1.81. The molecule has 6 heteroatoms. The molecule has 1 rings (SSSR count). The lowest BCUT2D eigenvalue weighted by Crippen LogP contribution is -2.17. The molecule has 0 fully saturated rings. The average Bonchev–Trinajstić information content (AvgIpc) is 2.14. The molecule has 84 valence electrons. The van der Waals surface area contributed by atoms with Crippen molar-refractivity contribution in [1.82, 2.24) is 0 Å². The monoisotopic (exact) mass is 219 g/mol. The zero-order valence-corrected chi connectivity index (χ0v) is 7.93. The Morgan fingerprint density at radius 2 is 1.93 bits per heavy atom. The lowest BCUT2D eigenvalue weighted by atomic mass is 10.1. The number of rotatable bonds is 3. The highest BCUT2D eigenvalue weighted by Gasteiger charge is 2.33. The molecule has 0 atom stereocenters. The minimum absolute atomic E-state index is 0.00199. The van der Waals surface area contributed by atoms with E-state index in [4.69, 9.17) is 11.5 Å². The average molecular weight is 219 g/mol. The highest BCUT2D eigenvalue weighted by Crippen LogP contribution is 2.35. The van der Waals surface area contributed by atoms with E-state index in [0.29, 0.717) is 0 Å². The topological polar surface area (TPSA) is 64.1 Å². The predicted molar refractivity (Wildman–Crippen MR) is 53.4 cm³/mol. The molecule has 0 unspecified atom stereocenters. The smallest absolute Gasteiger partial charge is 0.399 e. The minimum Gasteiger partial charge on any atom is -0.399 e. The summed E-state index contributed by atoms with van der Waals surface area (Å²) in [7, 11) is 0. The van der Waals surface area contributed by atoms with Crippen LogP contribution in [0.15, 0.2) is 18.2 Å². The van der Waals surface area contributed by atoms with Crippen molar-refractivity contribution in [3.63, 3.8) is 0 Å². The van der Waals surface area contributed by atoms with E-state index in [1.54, 1.807) is 0 Å². The number of nitrogen functional groups attached to an aromatic ring is 1. The Morgan fingerprint density at radius 1 is 1.27 bits per heavy atom. The fraction of sp³-hybridized carbons (Fsp3) is 0.333. The summed E-state index contributed by atoms with van der Waals surface area (Å²) in [6, 6.07) is 3.61. The molecule has 1 aromatic rings. The Morgan fingerprint density at radius 3 is 2.47 bits per heavy atom. The van der Waals surface area contributed by atoms with E-state index in [9.17, 15) is 13.2 Å². The molecule has 0 bridgehead atoms. The van der Waals surface area contributed by atoms with E-state index < -0.39 is 11.7 Å². The molecular formula is C9H12F3N3. The molecule has 3 nitrogen and oxygen atoms in total. The van der Waals surface area contributed by atoms with Crippen LogP contribution in [-0.2, 0) is 6.18 Å². The summed E-state index contributed by atoms with van der Waals surface area (Å²) in [4.78, 5) is 0. The molecule has 5 N–H and O–H groups in total. The van der Waals surface area contributed by atoms with Crippen molar-refractivity contribution in [3.8, 4) is 0 Å². The SMILES string of the molecule is NCCNc1ccc(N)cc1C(F)(F)F. The van der Waals surface area contributed by atoms with Crippen LogP contribution in [0.1, 0.15) is 5.56 Å². The van der Waals surface area contributed by atoms with Gasteiger partial charge in [-0.25, -0.2) is 0 Å². The summed E-state index contributed by atoms with van der Waals surface area (Å²) in [5.41, 5.74) is 9.82. The first kappa shape index (κ1) is 11.6. The standard InChI is InChI=1S/C9H12F3N3/c10-9(11,12)7-5-6(14)1-2-8(7)15-4-3-13/h1-2,5,15H,3-4,13-14H2. The molecule has 0 amide bonds. The van der Waals surface area contributed by atoms with Crippen molar-refractivity contribution in [2.24, 2.45) is 5.73 Å². The zero-order chi connectivity index (χ0) is 11.5. The van der Waals surface area contributed by atoms with Gasteiger partial charge in [0.2, 0.25) is 0 Å². The molecule has 0 aliphatic rings. The lowest BCUT2D eigenvalue weighted by molar-refractivity contribution is -0.136. The van der Waals surface area contributed by atoms with E-state index in [2.05, 4.69) is 5.32 Å². The number of nitrogens with one attached hydrogen (secondary N) is 1. The fourth-order valence-corrected chi connectivity index (χ4v) is 1.16. The third kappa shape index (κ3) is 3.02. The fourth-order valence-electron chi connectivity index (χ4n) is 1.16. The number of nitrogens with two attached hydrogens (primary N) is 2. The van der Waals surface area contributed by atoms with Gasteiger partial charge in [-0.15, -0.1) is 0 Å². The van der Waals surface area contributed by atoms with Crippen LogP contribution in [0.25, 0.3) is 0 Å². The maximum atomic E-state index is 12.5. The molecule has 0 saturated carbocycles. The summed E-state index contributed by atoms with van der Waals surface area (Å²) in [5.74, 6) is 0. The number of alkyl halides is 3. The van der Waals surface area contributed by atoms with Gasteiger partial charge in [0.05, 0.1) is 5.56 Å². The Bertz CT molecular complexity index is 336. The van der Waals surface area contributed by atoms with Gasteiger partial charge in [-0.05, 0) is 18.2 Å². The van der Waals surface area contributed by atoms with E-state index in [-0.39, 0.29) is 24.5 Å². The number of hydrogen-bond donors (Lipinski definition) is 3. The van der Waals surface area contributed by atoms with Crippen LogP contribution in [0.2, 0.25) is 0 Å². The quantitative estimate of drug-likeness (QED) is 0.677. The van der Waals surface area contributed by atoms with Gasteiger partial charge in [-0.3, -0.25) is 0 Å². The minimum atomic E-state index is -4.41. The Balaban J connectivity index is 3.04. The van der Waals surface area contributed by atoms with Crippen molar-refractivity contribution < 1.29 is 13.2 Å². The van der Waals surface area contributed by atoms with Crippen molar-refractivity contribution in [1.29, 1.82) is 0 Å². The number of anilines is 2. The van der Waals surface area contributed by atoms with Crippen LogP contribution in [0.5, 0.6) is 0 Å². The molecule has 0 saturated heterocycles. The maximum absolute atomic E-state index is 12.5. The first-order valence-corrected chi connectivity index (χ1v) is 4.36. The first-order chi connectivity index (χ1) is 6.95. The van der Waals surface area contributed by atoms with Gasteiger partial charge >= 0.3 is 6.18 Å². The van der Waals surface area contributed by atoms with Crippen LogP contribution in [0.4, 0.5) is 24.5 Å². The summed E-state index contributed by atoms with van der Waals surface area (Å²) in [6.07, 6.45) is -4.41. The molecule has 0 aromatic heterocycles. The summed E-state index contributed by atoms with van der Waals surface area (Å²) >= 11 is 0. The highest BCUT2D eigenvalue weighted by atomic mass is 19.4. The normalized spacial score (nSPS) is 11.5. The van der Waals surface area contributed by atoms with Gasteiger partial charge < -0.3 is 16.8 Å². The van der Waals surface area contributed by atoms with Crippen molar-refractivity contribution >= 4 is 11.4 Å². The number of hydrogen-bond acceptors (Lipinski definition) is 3. The molecule has 0 aliphatic carbocycles. The van der Waals surface area contributed by atoms with E-state index in [1.165, 1.54) is 12.1 Å². The molecule has 15 heavy (non-hydrogen) atoms. The largest absolute Gasteiger partial charge is 0.418 e. The van der Waals surface area contributed by atoms with Crippen molar-refractivity contribution in [2.45, 2.75) is 6.18 Å². The molecule has 1 aromatic carbocycles. The summed E-state index contributed by atoms with van der Waals surface area (Å²) < 4.78 is 37.6. The van der Waals surface area contributed by atoms with Gasteiger partial charge in [-0.2, -0.15) is 13.2 Å². The van der Waals surface area contributed by atoms with Crippen molar-refractivity contribution in [2.75, 3.05) is 24.1 Å². The maximum Gasteiger partial charge on any atom is 0.418 e. The predicted octanol–water partition coefficient (Wildman–Crippen LogP) is 1.66. The van der Waals surface area contributed by atoms with E-state index in [0.717, 1.165) is 6.07 Å². The van der Waals surface area contributed by atoms with Crippen LogP contribution < -0.4 is 16.8 Å². The third-order valence-corrected chi connectivity index (χ3v) is 1.81. The molecule has 0 radical (unpaired) electrons. The summed E-state index contributed by atoms with van der Waals surface area (Å²) in [6.45, 7) is 0.550. The Hall–Kier alpha value is -1.43. The molecule has 0 aliphatic heterocycles. The van der Waals surface area contributed by atoms with Gasteiger partial charge in [0, 0.05) is 24.5 Å². The molecular weight excluding hydrogens is 207 g/mol. The Labute approximate surface area is 85.3 Å². The summed E-state index contributed by atoms with van der Waals surface area (Å²) in [5, 5.41) is 2.60. The second-order valence-corrected chi connectivity index (χ2v) is 3.02. The highest BCUT2D eigenvalue weighted by molar-refractivity contribution is 5.59. The lowest BCUT2D eigenvalue weighted by Gasteiger charge is -2.14. The van der Waals surface area contributed by atoms with Crippen LogP contribution in [0.3, 0.4) is 0 Å². The molecule has 0 heterocycles. The van der Waals surface area contributed by atoms with Crippen LogP contribution in [0, 0.1) is 0 Å². The van der Waals surface area contributed by atoms with Gasteiger partial charge in [-0.1, -0.05) is 0 Å². The van der Waals surface area contributed by atoms with Gasteiger partial charge in [0.1, 0.15) is 0 Å². The van der Waals surface area contributed by atoms with Crippen LogP contribution >= 0.6 is 0 Å². The van der Waals surface area contributed by atoms with Gasteiger partial charge in [0.15, 0.2) is 0 Å².